The van der Waals surface area contributed by atoms with Crippen molar-refractivity contribution in [2.45, 2.75) is 129 Å². The zero-order chi connectivity index (χ0) is 32.9. The SMILES string of the molecule is CC(C)[Si](C(=O)/C(F)=C(\O)C(F)(F)F)(C(C)C)C(C)C.CC(C)[Si](C(=O)/C(F)=C(\O)C(F)(F)F)(C(C)C)C(C)C.[Cu]. The second-order valence-electron chi connectivity index (χ2n) is 11.8. The van der Waals surface area contributed by atoms with Gasteiger partial charge in [0.05, 0.1) is 0 Å². The van der Waals surface area contributed by atoms with Gasteiger partial charge < -0.3 is 10.2 Å². The van der Waals surface area contributed by atoms with E-state index in [2.05, 4.69) is 0 Å². The van der Waals surface area contributed by atoms with Crippen molar-refractivity contribution in [3.8, 4) is 0 Å². The first-order valence-corrected chi connectivity index (χ1v) is 17.5. The Labute approximate surface area is 250 Å². The first-order chi connectivity index (χ1) is 17.6. The Morgan fingerprint density at radius 3 is 0.732 bits per heavy atom. The molecule has 1 radical (unpaired) electrons. The Balaban J connectivity index is -0.000000688. The third-order valence-electron chi connectivity index (χ3n) is 7.87. The van der Waals surface area contributed by atoms with Crippen molar-refractivity contribution in [3.05, 3.63) is 23.2 Å². The molecule has 0 saturated carbocycles. The summed E-state index contributed by atoms with van der Waals surface area (Å²) in [5.74, 6) is -8.91. The molecule has 0 amide bonds. The maximum absolute atomic E-state index is 13.9. The minimum absolute atomic E-state index is 0. The fourth-order valence-electron chi connectivity index (χ4n) is 6.42. The number of aliphatic hydroxyl groups is 2. The van der Waals surface area contributed by atoms with Gasteiger partial charge in [0.15, 0.2) is 10.8 Å². The van der Waals surface area contributed by atoms with Crippen LogP contribution in [0, 0.1) is 0 Å². The van der Waals surface area contributed by atoms with Crippen molar-refractivity contribution in [3.63, 3.8) is 0 Å². The summed E-state index contributed by atoms with van der Waals surface area (Å²) in [4.78, 5) is 24.7. The molecule has 0 rings (SSSR count). The van der Waals surface area contributed by atoms with E-state index in [1.165, 1.54) is 0 Å². The number of aliphatic hydroxyl groups excluding tert-OH is 2. The molecule has 0 heterocycles. The van der Waals surface area contributed by atoms with Crippen molar-refractivity contribution < 1.29 is 72.0 Å². The van der Waals surface area contributed by atoms with E-state index in [0.717, 1.165) is 0 Å². The van der Waals surface area contributed by atoms with E-state index < -0.39 is 62.5 Å². The Morgan fingerprint density at radius 1 is 0.488 bits per heavy atom. The second kappa shape index (κ2) is 16.0. The number of alkyl halides is 6. The second-order valence-corrected chi connectivity index (χ2v) is 23.3. The number of hydrogen-bond acceptors (Lipinski definition) is 4. The first kappa shape index (κ1) is 44.3. The van der Waals surface area contributed by atoms with Gasteiger partial charge in [0, 0.05) is 17.1 Å². The number of allylic oxidation sites excluding steroid dienone is 4. The van der Waals surface area contributed by atoms with E-state index in [9.17, 15) is 44.7 Å². The predicted octanol–water partition coefficient (Wildman–Crippen LogP) is 10.1. The topological polar surface area (TPSA) is 74.6 Å². The van der Waals surface area contributed by atoms with Gasteiger partial charge in [0.2, 0.25) is 23.2 Å². The van der Waals surface area contributed by atoms with E-state index in [4.69, 9.17) is 10.2 Å². The van der Waals surface area contributed by atoms with Crippen LogP contribution in [0.2, 0.25) is 33.2 Å². The molecule has 0 fully saturated rings. The summed E-state index contributed by atoms with van der Waals surface area (Å²) in [7, 11) is -6.13. The van der Waals surface area contributed by atoms with Crippen LogP contribution in [-0.4, -0.2) is 49.5 Å². The molecule has 0 bridgehead atoms. The maximum atomic E-state index is 13.9. The summed E-state index contributed by atoms with van der Waals surface area (Å²) in [5, 5.41) is 15.5. The normalized spacial score (nSPS) is 14.7. The van der Waals surface area contributed by atoms with Crippen molar-refractivity contribution >= 4 is 27.0 Å². The number of halogens is 8. The molecule has 0 spiro atoms. The number of carbonyl (C=O) groups is 2. The van der Waals surface area contributed by atoms with Gasteiger partial charge in [-0.2, -0.15) is 35.1 Å². The van der Waals surface area contributed by atoms with Crippen LogP contribution >= 0.6 is 0 Å². The van der Waals surface area contributed by atoms with Crippen LogP contribution in [0.5, 0.6) is 0 Å². The molecule has 4 nitrogen and oxygen atoms in total. The zero-order valence-electron chi connectivity index (χ0n) is 25.5. The molecule has 0 atom stereocenters. The van der Waals surface area contributed by atoms with Gasteiger partial charge in [-0.15, -0.1) is 0 Å². The summed E-state index contributed by atoms with van der Waals surface area (Å²) < 4.78 is 102. The third kappa shape index (κ3) is 9.40. The van der Waals surface area contributed by atoms with Crippen molar-refractivity contribution in [1.82, 2.24) is 0 Å². The predicted molar refractivity (Wildman–Crippen MR) is 146 cm³/mol. The Hall–Kier alpha value is -1.19. The van der Waals surface area contributed by atoms with Crippen molar-refractivity contribution in [2.24, 2.45) is 0 Å². The molecule has 15 heteroatoms. The monoisotopic (exact) mass is 691 g/mol. The fourth-order valence-corrected chi connectivity index (χ4v) is 18.6. The average Bonchev–Trinajstić information content (AvgIpc) is 2.75. The smallest absolute Gasteiger partial charge is 0.451 e. The summed E-state index contributed by atoms with van der Waals surface area (Å²) in [6.45, 7) is 20.7. The molecule has 0 aromatic rings. The van der Waals surface area contributed by atoms with E-state index >= 15 is 0 Å². The molecule has 0 aromatic heterocycles. The van der Waals surface area contributed by atoms with E-state index in [0.29, 0.717) is 0 Å². The summed E-state index contributed by atoms with van der Waals surface area (Å²) in [6, 6.07) is 0. The summed E-state index contributed by atoms with van der Waals surface area (Å²) in [5.41, 5.74) is -1.41. The zero-order valence-corrected chi connectivity index (χ0v) is 28.4. The molecule has 0 unspecified atom stereocenters. The quantitative estimate of drug-likeness (QED) is 0.104. The van der Waals surface area contributed by atoms with Crippen LogP contribution in [0.15, 0.2) is 23.2 Å². The van der Waals surface area contributed by atoms with Gasteiger partial charge in [-0.1, -0.05) is 83.1 Å². The Kier molecular flexibility index (Phi) is 17.3. The summed E-state index contributed by atoms with van der Waals surface area (Å²) in [6.07, 6.45) is -10.5. The fraction of sp³-hybridized carbons (Fsp3) is 0.769. The Morgan fingerprint density at radius 2 is 0.634 bits per heavy atom. The Bertz CT molecular complexity index is 835. The molecule has 0 aliphatic heterocycles. The minimum Gasteiger partial charge on any atom is -0.502 e. The van der Waals surface area contributed by atoms with E-state index in [1.54, 1.807) is 83.1 Å². The van der Waals surface area contributed by atoms with Gasteiger partial charge in [-0.25, -0.2) is 0 Å². The molecule has 2 N–H and O–H groups in total. The van der Waals surface area contributed by atoms with Gasteiger partial charge in [-0.3, -0.25) is 9.59 Å². The number of carbonyl (C=O) groups excluding carboxylic acids is 2. The van der Waals surface area contributed by atoms with Crippen LogP contribution < -0.4 is 0 Å². The van der Waals surface area contributed by atoms with Crippen LogP contribution in [0.1, 0.15) is 83.1 Å². The molecular formula is C26H44CuF8O4Si2. The number of hydrogen-bond donors (Lipinski definition) is 2. The average molecular weight is 692 g/mol. The van der Waals surface area contributed by atoms with Crippen molar-refractivity contribution in [2.75, 3.05) is 0 Å². The van der Waals surface area contributed by atoms with Gasteiger partial charge in [0.25, 0.3) is 0 Å². The first-order valence-electron chi connectivity index (χ1n) is 13.0. The summed E-state index contributed by atoms with van der Waals surface area (Å²) >= 11 is 0. The minimum atomic E-state index is -5.25. The standard InChI is InChI=1S/2C13H22F4O2Si.Cu/c2*1-7(2)20(8(3)4,9(5)6)12(19)10(14)11(18)13(15,16)17;/h2*7-9,18H,1-6H3;/b2*11-10+;. The molecule has 0 aliphatic carbocycles. The van der Waals surface area contributed by atoms with Gasteiger partial charge in [-0.05, 0) is 33.2 Å². The molecule has 0 aliphatic rings. The van der Waals surface area contributed by atoms with Crippen LogP contribution in [-0.2, 0) is 26.7 Å². The van der Waals surface area contributed by atoms with Crippen LogP contribution in [0.25, 0.3) is 0 Å². The molecular weight excluding hydrogens is 648 g/mol. The van der Waals surface area contributed by atoms with E-state index in [1.807, 2.05) is 0 Å². The third-order valence-corrected chi connectivity index (χ3v) is 21.3. The van der Waals surface area contributed by atoms with E-state index in [-0.39, 0.29) is 50.3 Å². The molecule has 247 valence electrons. The molecule has 41 heavy (non-hydrogen) atoms. The van der Waals surface area contributed by atoms with Gasteiger partial charge in [0.1, 0.15) is 16.1 Å². The molecule has 0 saturated heterocycles. The maximum Gasteiger partial charge on any atom is 0.451 e. The van der Waals surface area contributed by atoms with Crippen LogP contribution in [0.3, 0.4) is 0 Å². The largest absolute Gasteiger partial charge is 0.502 e. The van der Waals surface area contributed by atoms with Crippen molar-refractivity contribution in [1.29, 1.82) is 0 Å². The molecule has 0 aromatic carbocycles. The van der Waals surface area contributed by atoms with Crippen LogP contribution in [0.4, 0.5) is 35.1 Å². The number of rotatable bonds is 10. The van der Waals surface area contributed by atoms with Gasteiger partial charge >= 0.3 is 12.4 Å².